The number of phenolic OH excluding ortho intramolecular Hbond substituents is 1. The Kier molecular flexibility index (Phi) is 4.86. The van der Waals surface area contributed by atoms with Crippen LogP contribution in [-0.4, -0.2) is 5.11 Å². The molecule has 0 fully saturated rings. The van der Waals surface area contributed by atoms with Gasteiger partial charge in [-0.2, -0.15) is 0 Å². The van der Waals surface area contributed by atoms with Crippen molar-refractivity contribution in [3.63, 3.8) is 0 Å². The predicted molar refractivity (Wildman–Crippen MR) is 82.5 cm³/mol. The van der Waals surface area contributed by atoms with Crippen LogP contribution in [0.4, 0.5) is 0 Å². The zero-order valence-corrected chi connectivity index (χ0v) is 12.9. The fraction of sp³-hybridized carbons (Fsp3) is 0.200. The van der Waals surface area contributed by atoms with Gasteiger partial charge in [0.15, 0.2) is 0 Å². The van der Waals surface area contributed by atoms with Gasteiger partial charge in [0.25, 0.3) is 0 Å². The number of aromatic hydroxyl groups is 1. The number of rotatable bonds is 4. The molecule has 0 saturated carbocycles. The quantitative estimate of drug-likeness (QED) is 0.848. The molecule has 0 aromatic heterocycles. The molecule has 2 N–H and O–H groups in total. The average molecular weight is 341 g/mol. The molecule has 0 bridgehead atoms. The van der Waals surface area contributed by atoms with E-state index in [-0.39, 0.29) is 11.8 Å². The first kappa shape index (κ1) is 14.4. The first-order chi connectivity index (χ1) is 9.08. The molecular formula is C15H15BrClNO. The number of hydrogen-bond acceptors (Lipinski definition) is 2. The third-order valence-corrected chi connectivity index (χ3v) is 3.88. The minimum atomic E-state index is 0.174. The summed E-state index contributed by atoms with van der Waals surface area (Å²) in [6.07, 6.45) is 0. The molecule has 2 rings (SSSR count). The van der Waals surface area contributed by atoms with E-state index in [2.05, 4.69) is 40.3 Å². The van der Waals surface area contributed by atoms with Crippen LogP contribution in [0.25, 0.3) is 0 Å². The van der Waals surface area contributed by atoms with Crippen LogP contribution >= 0.6 is 27.5 Å². The van der Waals surface area contributed by atoms with Gasteiger partial charge in [-0.25, -0.2) is 0 Å². The molecule has 100 valence electrons. The molecule has 2 aromatic carbocycles. The number of halogens is 2. The van der Waals surface area contributed by atoms with Crippen molar-refractivity contribution >= 4 is 27.5 Å². The lowest BCUT2D eigenvalue weighted by Crippen LogP contribution is -2.18. The SMILES string of the molecule is C[C@H](NCc1c(O)cccc1Cl)c1cccc(Br)c1. The van der Waals surface area contributed by atoms with Crippen molar-refractivity contribution in [2.75, 3.05) is 0 Å². The molecule has 0 spiro atoms. The maximum atomic E-state index is 9.79. The fourth-order valence-electron chi connectivity index (χ4n) is 1.87. The summed E-state index contributed by atoms with van der Waals surface area (Å²) in [7, 11) is 0. The number of nitrogens with one attached hydrogen (secondary N) is 1. The van der Waals surface area contributed by atoms with E-state index in [0.29, 0.717) is 11.6 Å². The molecule has 1 atom stereocenters. The Labute approximate surface area is 126 Å². The predicted octanol–water partition coefficient (Wildman–Crippen LogP) is 4.66. The molecule has 0 aliphatic carbocycles. The first-order valence-corrected chi connectivity index (χ1v) is 7.20. The second-order valence-corrected chi connectivity index (χ2v) is 5.72. The summed E-state index contributed by atoms with van der Waals surface area (Å²) < 4.78 is 1.05. The van der Waals surface area contributed by atoms with Gasteiger partial charge < -0.3 is 10.4 Å². The molecular weight excluding hydrogens is 326 g/mol. The van der Waals surface area contributed by atoms with Gasteiger partial charge in [-0.3, -0.25) is 0 Å². The molecule has 0 amide bonds. The Hall–Kier alpha value is -1.03. The summed E-state index contributed by atoms with van der Waals surface area (Å²) in [4.78, 5) is 0. The summed E-state index contributed by atoms with van der Waals surface area (Å²) in [5, 5.41) is 13.7. The zero-order valence-electron chi connectivity index (χ0n) is 10.5. The van der Waals surface area contributed by atoms with Crippen LogP contribution in [0.5, 0.6) is 5.75 Å². The third kappa shape index (κ3) is 3.72. The smallest absolute Gasteiger partial charge is 0.121 e. The van der Waals surface area contributed by atoms with Crippen LogP contribution in [0, 0.1) is 0 Å². The molecule has 4 heteroatoms. The van der Waals surface area contributed by atoms with E-state index in [1.165, 1.54) is 5.56 Å². The molecule has 0 aliphatic heterocycles. The van der Waals surface area contributed by atoms with E-state index in [1.54, 1.807) is 18.2 Å². The van der Waals surface area contributed by atoms with Gasteiger partial charge >= 0.3 is 0 Å². The second kappa shape index (κ2) is 6.42. The lowest BCUT2D eigenvalue weighted by atomic mass is 10.1. The molecule has 2 aromatic rings. The van der Waals surface area contributed by atoms with E-state index in [4.69, 9.17) is 11.6 Å². The number of phenols is 1. The molecule has 0 saturated heterocycles. The van der Waals surface area contributed by atoms with Gasteiger partial charge in [0.2, 0.25) is 0 Å². The van der Waals surface area contributed by atoms with Crippen LogP contribution in [-0.2, 0) is 6.54 Å². The van der Waals surface area contributed by atoms with Crippen LogP contribution in [0.1, 0.15) is 24.1 Å². The lowest BCUT2D eigenvalue weighted by molar-refractivity contribution is 0.460. The van der Waals surface area contributed by atoms with Crippen LogP contribution in [0.3, 0.4) is 0 Å². The van der Waals surface area contributed by atoms with Gasteiger partial charge in [0.05, 0.1) is 0 Å². The summed E-state index contributed by atoms with van der Waals surface area (Å²) >= 11 is 9.54. The Balaban J connectivity index is 2.06. The Morgan fingerprint density at radius 2 is 2.00 bits per heavy atom. The largest absolute Gasteiger partial charge is 0.508 e. The lowest BCUT2D eigenvalue weighted by Gasteiger charge is -2.16. The third-order valence-electron chi connectivity index (χ3n) is 3.03. The van der Waals surface area contributed by atoms with Crippen molar-refractivity contribution < 1.29 is 5.11 Å². The van der Waals surface area contributed by atoms with Gasteiger partial charge in [-0.05, 0) is 36.8 Å². The topological polar surface area (TPSA) is 32.3 Å². The zero-order chi connectivity index (χ0) is 13.8. The number of hydrogen-bond donors (Lipinski definition) is 2. The summed E-state index contributed by atoms with van der Waals surface area (Å²) in [6.45, 7) is 2.61. The van der Waals surface area contributed by atoms with E-state index in [1.807, 2.05) is 12.1 Å². The van der Waals surface area contributed by atoms with Gasteiger partial charge in [0.1, 0.15) is 5.75 Å². The van der Waals surface area contributed by atoms with Crippen molar-refractivity contribution in [3.05, 3.63) is 63.1 Å². The molecule has 0 radical (unpaired) electrons. The van der Waals surface area contributed by atoms with Crippen LogP contribution in [0.15, 0.2) is 46.9 Å². The van der Waals surface area contributed by atoms with E-state index in [0.717, 1.165) is 10.0 Å². The van der Waals surface area contributed by atoms with Gasteiger partial charge in [0, 0.05) is 27.6 Å². The molecule has 19 heavy (non-hydrogen) atoms. The second-order valence-electron chi connectivity index (χ2n) is 4.40. The maximum Gasteiger partial charge on any atom is 0.121 e. The highest BCUT2D eigenvalue weighted by atomic mass is 79.9. The standard InChI is InChI=1S/C15H15BrClNO/c1-10(11-4-2-5-12(16)8-11)18-9-13-14(17)6-3-7-15(13)19/h2-8,10,18-19H,9H2,1H3/t10-/m0/s1. The van der Waals surface area contributed by atoms with Crippen molar-refractivity contribution in [2.45, 2.75) is 19.5 Å². The molecule has 2 nitrogen and oxygen atoms in total. The van der Waals surface area contributed by atoms with Gasteiger partial charge in [-0.1, -0.05) is 45.7 Å². The minimum Gasteiger partial charge on any atom is -0.508 e. The van der Waals surface area contributed by atoms with E-state index < -0.39 is 0 Å². The number of benzene rings is 2. The Morgan fingerprint density at radius 1 is 1.26 bits per heavy atom. The highest BCUT2D eigenvalue weighted by Crippen LogP contribution is 2.26. The van der Waals surface area contributed by atoms with Crippen molar-refractivity contribution in [3.8, 4) is 5.75 Å². The van der Waals surface area contributed by atoms with Crippen molar-refractivity contribution in [2.24, 2.45) is 0 Å². The van der Waals surface area contributed by atoms with E-state index in [9.17, 15) is 5.11 Å². The van der Waals surface area contributed by atoms with E-state index >= 15 is 0 Å². The van der Waals surface area contributed by atoms with Crippen molar-refractivity contribution in [1.29, 1.82) is 0 Å². The Morgan fingerprint density at radius 3 is 2.68 bits per heavy atom. The highest BCUT2D eigenvalue weighted by Gasteiger charge is 2.09. The monoisotopic (exact) mass is 339 g/mol. The minimum absolute atomic E-state index is 0.174. The molecule has 0 unspecified atom stereocenters. The molecule has 0 aliphatic rings. The maximum absolute atomic E-state index is 9.79. The van der Waals surface area contributed by atoms with Crippen LogP contribution < -0.4 is 5.32 Å². The van der Waals surface area contributed by atoms with Crippen molar-refractivity contribution in [1.82, 2.24) is 5.32 Å². The highest BCUT2D eigenvalue weighted by molar-refractivity contribution is 9.10. The first-order valence-electron chi connectivity index (χ1n) is 6.03. The van der Waals surface area contributed by atoms with Crippen LogP contribution in [0.2, 0.25) is 5.02 Å². The summed E-state index contributed by atoms with van der Waals surface area (Å²) in [6, 6.07) is 13.5. The Bertz CT molecular complexity index is 554. The summed E-state index contributed by atoms with van der Waals surface area (Å²) in [5.74, 6) is 0.224. The average Bonchev–Trinajstić information content (AvgIpc) is 2.38. The van der Waals surface area contributed by atoms with Gasteiger partial charge in [-0.15, -0.1) is 0 Å². The normalized spacial score (nSPS) is 12.4. The molecule has 0 heterocycles. The fourth-order valence-corrected chi connectivity index (χ4v) is 2.52. The summed E-state index contributed by atoms with van der Waals surface area (Å²) in [5.41, 5.74) is 1.91.